The van der Waals surface area contributed by atoms with E-state index in [1.165, 1.54) is 0 Å². The number of benzene rings is 2. The maximum atomic E-state index is 13.7. The van der Waals surface area contributed by atoms with Crippen molar-refractivity contribution in [1.29, 1.82) is 0 Å². The normalized spacial score (nSPS) is 12.3. The highest BCUT2D eigenvalue weighted by atomic mass is 19.1. The molecule has 0 fully saturated rings. The van der Waals surface area contributed by atoms with Gasteiger partial charge >= 0.3 is 0 Å². The molecule has 0 aliphatic heterocycles. The topological polar surface area (TPSA) is 17.1 Å². The van der Waals surface area contributed by atoms with Crippen LogP contribution in [0.4, 0.5) is 8.78 Å². The lowest BCUT2D eigenvalue weighted by Crippen LogP contribution is -1.99. The molecule has 3 heteroatoms. The minimum atomic E-state index is -1.25. The van der Waals surface area contributed by atoms with Crippen molar-refractivity contribution >= 4 is 17.9 Å². The number of ketones is 1. The molecular weight excluding hydrogens is 258 g/mol. The van der Waals surface area contributed by atoms with E-state index in [4.69, 9.17) is 0 Å². The SMILES string of the molecule is O=C(/C(F)=C/c1ccccc1)/C(F)=C/c1ccccc1. The van der Waals surface area contributed by atoms with Gasteiger partial charge in [-0.3, -0.25) is 4.79 Å². The predicted octanol–water partition coefficient (Wildman–Crippen LogP) is 4.58. The number of hydrogen-bond donors (Lipinski definition) is 0. The predicted molar refractivity (Wildman–Crippen MR) is 76.1 cm³/mol. The Morgan fingerprint density at radius 2 is 1.05 bits per heavy atom. The summed E-state index contributed by atoms with van der Waals surface area (Å²) in [5.74, 6) is -3.50. The van der Waals surface area contributed by atoms with Gasteiger partial charge in [-0.05, 0) is 23.3 Å². The molecule has 2 aromatic rings. The molecule has 0 spiro atoms. The van der Waals surface area contributed by atoms with Gasteiger partial charge in [0, 0.05) is 0 Å². The number of Topliss-reactive ketones (excluding diaryl/α,β-unsaturated/α-hetero) is 1. The van der Waals surface area contributed by atoms with E-state index < -0.39 is 17.4 Å². The standard InChI is InChI=1S/C17H12F2O/c18-15(11-13-7-3-1-4-8-13)17(20)16(19)12-14-9-5-2-6-10-14/h1-12H/b15-11-,16-12-. The van der Waals surface area contributed by atoms with E-state index in [0.29, 0.717) is 11.1 Å². The van der Waals surface area contributed by atoms with Crippen LogP contribution >= 0.6 is 0 Å². The van der Waals surface area contributed by atoms with E-state index in [9.17, 15) is 13.6 Å². The molecule has 0 unspecified atom stereocenters. The Kier molecular flexibility index (Phi) is 4.56. The van der Waals surface area contributed by atoms with Gasteiger partial charge in [-0.15, -0.1) is 0 Å². The van der Waals surface area contributed by atoms with Gasteiger partial charge in [0.15, 0.2) is 11.7 Å². The van der Waals surface area contributed by atoms with E-state index in [2.05, 4.69) is 0 Å². The van der Waals surface area contributed by atoms with Crippen LogP contribution in [0.2, 0.25) is 0 Å². The minimum Gasteiger partial charge on any atom is -0.283 e. The average molecular weight is 270 g/mol. The summed E-state index contributed by atoms with van der Waals surface area (Å²) in [4.78, 5) is 11.6. The van der Waals surface area contributed by atoms with E-state index >= 15 is 0 Å². The number of carbonyl (C=O) groups excluding carboxylic acids is 1. The monoisotopic (exact) mass is 270 g/mol. The van der Waals surface area contributed by atoms with Crippen LogP contribution < -0.4 is 0 Å². The molecule has 0 N–H and O–H groups in total. The highest BCUT2D eigenvalue weighted by Crippen LogP contribution is 2.16. The van der Waals surface area contributed by atoms with Crippen molar-refractivity contribution in [1.82, 2.24) is 0 Å². The maximum Gasteiger partial charge on any atom is 0.249 e. The molecule has 0 saturated heterocycles. The van der Waals surface area contributed by atoms with E-state index in [1.54, 1.807) is 60.7 Å². The Hall–Kier alpha value is -2.55. The third kappa shape index (κ3) is 3.72. The van der Waals surface area contributed by atoms with Crippen molar-refractivity contribution < 1.29 is 13.6 Å². The summed E-state index contributed by atoms with van der Waals surface area (Å²) in [6.45, 7) is 0. The molecule has 1 nitrogen and oxygen atoms in total. The molecule has 0 saturated carbocycles. The molecule has 0 heterocycles. The number of halogens is 2. The maximum absolute atomic E-state index is 13.7. The fourth-order valence-electron chi connectivity index (χ4n) is 1.64. The summed E-state index contributed by atoms with van der Waals surface area (Å²) in [5, 5.41) is 0. The highest BCUT2D eigenvalue weighted by molar-refractivity contribution is 6.10. The third-order valence-corrected chi connectivity index (χ3v) is 2.62. The van der Waals surface area contributed by atoms with Crippen LogP contribution in [0.15, 0.2) is 72.3 Å². The number of rotatable bonds is 4. The van der Waals surface area contributed by atoms with Crippen LogP contribution in [0.25, 0.3) is 12.2 Å². The Morgan fingerprint density at radius 3 is 1.40 bits per heavy atom. The molecule has 0 aliphatic carbocycles. The van der Waals surface area contributed by atoms with E-state index in [1.807, 2.05) is 0 Å². The van der Waals surface area contributed by atoms with Crippen molar-refractivity contribution in [2.24, 2.45) is 0 Å². The Balaban J connectivity index is 2.19. The van der Waals surface area contributed by atoms with E-state index in [-0.39, 0.29) is 0 Å². The Labute approximate surface area is 115 Å². The van der Waals surface area contributed by atoms with Crippen LogP contribution in [0.5, 0.6) is 0 Å². The number of allylic oxidation sites excluding steroid dienone is 2. The number of hydrogen-bond acceptors (Lipinski definition) is 1. The summed E-state index contributed by atoms with van der Waals surface area (Å²) in [7, 11) is 0. The molecule has 0 aromatic heterocycles. The first kappa shape index (κ1) is 13.9. The molecule has 0 bridgehead atoms. The van der Waals surface area contributed by atoms with Gasteiger partial charge in [-0.25, -0.2) is 8.78 Å². The molecule has 100 valence electrons. The lowest BCUT2D eigenvalue weighted by atomic mass is 10.1. The molecule has 0 aliphatic rings. The minimum absolute atomic E-state index is 0.505. The molecule has 0 amide bonds. The summed E-state index contributed by atoms with van der Waals surface area (Å²) in [5.41, 5.74) is 1.01. The first-order valence-corrected chi connectivity index (χ1v) is 6.06. The van der Waals surface area contributed by atoms with Gasteiger partial charge in [0.05, 0.1) is 0 Å². The van der Waals surface area contributed by atoms with Gasteiger partial charge in [-0.1, -0.05) is 60.7 Å². The van der Waals surface area contributed by atoms with Crippen molar-refractivity contribution in [2.75, 3.05) is 0 Å². The largest absolute Gasteiger partial charge is 0.283 e. The molecule has 20 heavy (non-hydrogen) atoms. The quantitative estimate of drug-likeness (QED) is 0.743. The lowest BCUT2D eigenvalue weighted by molar-refractivity contribution is -0.114. The van der Waals surface area contributed by atoms with Crippen molar-refractivity contribution in [3.63, 3.8) is 0 Å². The zero-order valence-corrected chi connectivity index (χ0v) is 10.6. The second-order valence-corrected chi connectivity index (χ2v) is 4.14. The van der Waals surface area contributed by atoms with E-state index in [0.717, 1.165) is 12.2 Å². The average Bonchev–Trinajstić information content (AvgIpc) is 2.48. The molecule has 2 rings (SSSR count). The Morgan fingerprint density at radius 1 is 0.700 bits per heavy atom. The van der Waals surface area contributed by atoms with Crippen LogP contribution in [0.1, 0.15) is 11.1 Å². The Bertz CT molecular complexity index is 586. The van der Waals surface area contributed by atoms with Gasteiger partial charge in [0.25, 0.3) is 0 Å². The fourth-order valence-corrected chi connectivity index (χ4v) is 1.64. The molecule has 0 radical (unpaired) electrons. The van der Waals surface area contributed by atoms with Crippen molar-refractivity contribution in [2.45, 2.75) is 0 Å². The highest BCUT2D eigenvalue weighted by Gasteiger charge is 2.14. The van der Waals surface area contributed by atoms with Crippen LogP contribution in [-0.4, -0.2) is 5.78 Å². The van der Waals surface area contributed by atoms with Crippen LogP contribution in [-0.2, 0) is 4.79 Å². The second-order valence-electron chi connectivity index (χ2n) is 4.14. The first-order valence-electron chi connectivity index (χ1n) is 6.06. The van der Waals surface area contributed by atoms with Gasteiger partial charge in [0.1, 0.15) is 0 Å². The zero-order valence-electron chi connectivity index (χ0n) is 10.6. The summed E-state index contributed by atoms with van der Waals surface area (Å²) in [6, 6.07) is 16.9. The lowest BCUT2D eigenvalue weighted by Gasteiger charge is -1.97. The first-order chi connectivity index (χ1) is 9.66. The summed E-state index contributed by atoms with van der Waals surface area (Å²) < 4.78 is 27.3. The van der Waals surface area contributed by atoms with Crippen LogP contribution in [0, 0.1) is 0 Å². The molecular formula is C17H12F2O. The molecule has 2 aromatic carbocycles. The summed E-state index contributed by atoms with van der Waals surface area (Å²) >= 11 is 0. The third-order valence-electron chi connectivity index (χ3n) is 2.62. The van der Waals surface area contributed by atoms with Crippen molar-refractivity contribution in [3.8, 4) is 0 Å². The zero-order chi connectivity index (χ0) is 14.4. The van der Waals surface area contributed by atoms with Gasteiger partial charge < -0.3 is 0 Å². The smallest absolute Gasteiger partial charge is 0.249 e. The van der Waals surface area contributed by atoms with Crippen molar-refractivity contribution in [3.05, 3.63) is 83.4 Å². The molecule has 0 atom stereocenters. The van der Waals surface area contributed by atoms with Crippen LogP contribution in [0.3, 0.4) is 0 Å². The fraction of sp³-hybridized carbons (Fsp3) is 0. The second kappa shape index (κ2) is 6.57. The van der Waals surface area contributed by atoms with Gasteiger partial charge in [-0.2, -0.15) is 0 Å². The number of carbonyl (C=O) groups is 1. The van der Waals surface area contributed by atoms with Gasteiger partial charge in [0.2, 0.25) is 5.78 Å². The summed E-state index contributed by atoms with van der Waals surface area (Å²) in [6.07, 6.45) is 2.03.